The monoisotopic (exact) mass is 295 g/mol. The summed E-state index contributed by atoms with van der Waals surface area (Å²) in [5.41, 5.74) is 1.09. The lowest BCUT2D eigenvalue weighted by Crippen LogP contribution is -2.28. The van der Waals surface area contributed by atoms with E-state index in [9.17, 15) is 0 Å². The van der Waals surface area contributed by atoms with E-state index < -0.39 is 0 Å². The van der Waals surface area contributed by atoms with Crippen LogP contribution in [0.5, 0.6) is 11.5 Å². The Morgan fingerprint density at radius 1 is 1.10 bits per heavy atom. The first-order valence-corrected chi connectivity index (χ1v) is 7.60. The quantitative estimate of drug-likeness (QED) is 0.758. The molecule has 0 aliphatic heterocycles. The van der Waals surface area contributed by atoms with Crippen LogP contribution in [0.3, 0.4) is 0 Å². The summed E-state index contributed by atoms with van der Waals surface area (Å²) in [6, 6.07) is 6.01. The molecule has 0 spiro atoms. The van der Waals surface area contributed by atoms with Crippen LogP contribution in [0.1, 0.15) is 39.3 Å². The maximum Gasteiger partial charge on any atom is 0.127 e. The van der Waals surface area contributed by atoms with Gasteiger partial charge in [0.15, 0.2) is 0 Å². The SMILES string of the molecule is CCNC(COC(C)C(C)C)c1ccc(OC)cc1OC. The highest BCUT2D eigenvalue weighted by atomic mass is 16.5. The molecule has 0 bridgehead atoms. The molecule has 2 unspecified atom stereocenters. The van der Waals surface area contributed by atoms with Crippen molar-refractivity contribution in [3.63, 3.8) is 0 Å². The van der Waals surface area contributed by atoms with Crippen LogP contribution in [0.4, 0.5) is 0 Å². The van der Waals surface area contributed by atoms with Crippen molar-refractivity contribution >= 4 is 0 Å². The fourth-order valence-corrected chi connectivity index (χ4v) is 2.05. The number of ether oxygens (including phenoxy) is 3. The number of hydrogen-bond donors (Lipinski definition) is 1. The van der Waals surface area contributed by atoms with Crippen molar-refractivity contribution in [2.24, 2.45) is 5.92 Å². The number of likely N-dealkylation sites (N-methyl/N-ethyl adjacent to an activating group) is 1. The lowest BCUT2D eigenvalue weighted by molar-refractivity contribution is 0.0217. The van der Waals surface area contributed by atoms with Gasteiger partial charge in [-0.15, -0.1) is 0 Å². The first-order chi connectivity index (χ1) is 10.0. The lowest BCUT2D eigenvalue weighted by atomic mass is 10.1. The molecule has 1 rings (SSSR count). The zero-order valence-electron chi connectivity index (χ0n) is 14.1. The maximum absolute atomic E-state index is 5.98. The molecule has 0 saturated heterocycles. The Hall–Kier alpha value is -1.26. The molecule has 1 aromatic rings. The third-order valence-corrected chi connectivity index (χ3v) is 3.73. The van der Waals surface area contributed by atoms with E-state index in [1.165, 1.54) is 0 Å². The Bertz CT molecular complexity index is 420. The van der Waals surface area contributed by atoms with Crippen molar-refractivity contribution in [1.29, 1.82) is 0 Å². The largest absolute Gasteiger partial charge is 0.497 e. The third kappa shape index (κ3) is 5.21. The van der Waals surface area contributed by atoms with Crippen molar-refractivity contribution in [3.8, 4) is 11.5 Å². The highest BCUT2D eigenvalue weighted by Gasteiger charge is 2.18. The summed E-state index contributed by atoms with van der Waals surface area (Å²) in [6.45, 7) is 10.0. The molecule has 0 radical (unpaired) electrons. The number of rotatable bonds is 9. The summed E-state index contributed by atoms with van der Waals surface area (Å²) in [5, 5.41) is 3.46. The van der Waals surface area contributed by atoms with Gasteiger partial charge in [0.1, 0.15) is 11.5 Å². The summed E-state index contributed by atoms with van der Waals surface area (Å²) in [6.07, 6.45) is 0.232. The molecule has 0 aliphatic rings. The third-order valence-electron chi connectivity index (χ3n) is 3.73. The van der Waals surface area contributed by atoms with E-state index in [0.29, 0.717) is 12.5 Å². The molecule has 1 aromatic carbocycles. The van der Waals surface area contributed by atoms with Crippen LogP contribution in [0.15, 0.2) is 18.2 Å². The van der Waals surface area contributed by atoms with Gasteiger partial charge in [0.25, 0.3) is 0 Å². The average Bonchev–Trinajstić information content (AvgIpc) is 2.50. The fraction of sp³-hybridized carbons (Fsp3) is 0.647. The molecule has 4 heteroatoms. The van der Waals surface area contributed by atoms with Crippen molar-refractivity contribution in [1.82, 2.24) is 5.32 Å². The molecule has 120 valence electrons. The van der Waals surface area contributed by atoms with E-state index in [2.05, 4.69) is 33.0 Å². The minimum absolute atomic E-state index is 0.108. The van der Waals surface area contributed by atoms with Gasteiger partial charge in [0, 0.05) is 11.6 Å². The molecule has 21 heavy (non-hydrogen) atoms. The second kappa shape index (κ2) is 8.90. The van der Waals surface area contributed by atoms with Crippen LogP contribution in [0.25, 0.3) is 0 Å². The fourth-order valence-electron chi connectivity index (χ4n) is 2.05. The van der Waals surface area contributed by atoms with Crippen LogP contribution in [-0.4, -0.2) is 33.5 Å². The molecule has 4 nitrogen and oxygen atoms in total. The molecule has 0 aromatic heterocycles. The average molecular weight is 295 g/mol. The Balaban J connectivity index is 2.89. The number of hydrogen-bond acceptors (Lipinski definition) is 4. The standard InChI is InChI=1S/C17H29NO3/c1-7-18-16(11-21-13(4)12(2)3)15-9-8-14(19-5)10-17(15)20-6/h8-10,12-13,16,18H,7,11H2,1-6H3. The molecule has 2 atom stereocenters. The molecule has 0 amide bonds. The number of nitrogens with one attached hydrogen (secondary N) is 1. The van der Waals surface area contributed by atoms with E-state index in [4.69, 9.17) is 14.2 Å². The van der Waals surface area contributed by atoms with Gasteiger partial charge in [-0.1, -0.05) is 20.8 Å². The molecule has 0 saturated carbocycles. The summed E-state index contributed by atoms with van der Waals surface area (Å²) in [4.78, 5) is 0. The summed E-state index contributed by atoms with van der Waals surface area (Å²) >= 11 is 0. The van der Waals surface area contributed by atoms with Gasteiger partial charge in [0.2, 0.25) is 0 Å². The maximum atomic E-state index is 5.98. The van der Waals surface area contributed by atoms with Crippen LogP contribution < -0.4 is 14.8 Å². The summed E-state index contributed by atoms with van der Waals surface area (Å²) in [5.74, 6) is 2.12. The van der Waals surface area contributed by atoms with E-state index in [1.54, 1.807) is 14.2 Å². The Morgan fingerprint density at radius 3 is 2.33 bits per heavy atom. The summed E-state index contributed by atoms with van der Waals surface area (Å²) < 4.78 is 16.7. The highest BCUT2D eigenvalue weighted by molar-refractivity contribution is 5.42. The molecular weight excluding hydrogens is 266 g/mol. The molecule has 0 aliphatic carbocycles. The van der Waals surface area contributed by atoms with Gasteiger partial charge >= 0.3 is 0 Å². The first kappa shape index (κ1) is 17.8. The predicted molar refractivity (Wildman–Crippen MR) is 86.2 cm³/mol. The minimum atomic E-state index is 0.108. The molecule has 0 heterocycles. The van der Waals surface area contributed by atoms with E-state index in [1.807, 2.05) is 18.2 Å². The van der Waals surface area contributed by atoms with Crippen molar-refractivity contribution in [2.45, 2.75) is 39.8 Å². The normalized spacial score (nSPS) is 14.0. The first-order valence-electron chi connectivity index (χ1n) is 7.60. The number of benzene rings is 1. The van der Waals surface area contributed by atoms with E-state index in [0.717, 1.165) is 23.6 Å². The smallest absolute Gasteiger partial charge is 0.127 e. The molecular formula is C17H29NO3. The Labute approximate surface area is 128 Å². The van der Waals surface area contributed by atoms with Gasteiger partial charge in [-0.2, -0.15) is 0 Å². The molecule has 0 fully saturated rings. The van der Waals surface area contributed by atoms with Gasteiger partial charge in [-0.05, 0) is 31.5 Å². The van der Waals surface area contributed by atoms with Gasteiger partial charge in [-0.25, -0.2) is 0 Å². The topological polar surface area (TPSA) is 39.7 Å². The highest BCUT2D eigenvalue weighted by Crippen LogP contribution is 2.30. The van der Waals surface area contributed by atoms with Crippen LogP contribution in [0, 0.1) is 5.92 Å². The minimum Gasteiger partial charge on any atom is -0.497 e. The van der Waals surface area contributed by atoms with Gasteiger partial charge < -0.3 is 19.5 Å². The second-order valence-electron chi connectivity index (χ2n) is 5.50. The van der Waals surface area contributed by atoms with Crippen LogP contribution in [0.2, 0.25) is 0 Å². The van der Waals surface area contributed by atoms with Crippen molar-refractivity contribution < 1.29 is 14.2 Å². The van der Waals surface area contributed by atoms with E-state index >= 15 is 0 Å². The van der Waals surface area contributed by atoms with Crippen LogP contribution >= 0.6 is 0 Å². The predicted octanol–water partition coefficient (Wildman–Crippen LogP) is 3.42. The zero-order chi connectivity index (χ0) is 15.8. The Kier molecular flexibility index (Phi) is 7.54. The molecule has 1 N–H and O–H groups in total. The lowest BCUT2D eigenvalue weighted by Gasteiger charge is -2.24. The zero-order valence-corrected chi connectivity index (χ0v) is 14.1. The number of methoxy groups -OCH3 is 2. The Morgan fingerprint density at radius 2 is 1.81 bits per heavy atom. The summed E-state index contributed by atoms with van der Waals surface area (Å²) in [7, 11) is 3.34. The second-order valence-corrected chi connectivity index (χ2v) is 5.50. The van der Waals surface area contributed by atoms with Crippen molar-refractivity contribution in [2.75, 3.05) is 27.4 Å². The van der Waals surface area contributed by atoms with Crippen molar-refractivity contribution in [3.05, 3.63) is 23.8 Å². The van der Waals surface area contributed by atoms with Gasteiger partial charge in [0.05, 0.1) is 33.0 Å². The van der Waals surface area contributed by atoms with Gasteiger partial charge in [-0.3, -0.25) is 0 Å². The van der Waals surface area contributed by atoms with E-state index in [-0.39, 0.29) is 12.1 Å². The van der Waals surface area contributed by atoms with Crippen LogP contribution in [-0.2, 0) is 4.74 Å².